The van der Waals surface area contributed by atoms with Gasteiger partial charge >= 0.3 is 11.9 Å². The number of allylic oxidation sites excluding steroid dienone is 1. The molecule has 140 valence electrons. The topological polar surface area (TPSA) is 86.5 Å². The summed E-state index contributed by atoms with van der Waals surface area (Å²) in [5.41, 5.74) is -0.525. The Hall–Kier alpha value is -3.42. The van der Waals surface area contributed by atoms with Crippen molar-refractivity contribution in [3.8, 4) is 0 Å². The first-order valence-electron chi connectivity index (χ1n) is 7.80. The number of halogens is 2. The van der Waals surface area contributed by atoms with Gasteiger partial charge in [-0.2, -0.15) is 8.78 Å². The molecule has 8 heteroatoms. The van der Waals surface area contributed by atoms with Crippen LogP contribution in [0.3, 0.4) is 0 Å². The van der Waals surface area contributed by atoms with Crippen molar-refractivity contribution in [2.45, 2.75) is 12.8 Å². The SMILES string of the molecule is Cc1ccc([N+](=O)[O-])c(C(=O)OC/C=C/C(=O)C(F)(F)c2ccccc2)c1. The van der Waals surface area contributed by atoms with Crippen LogP contribution in [0.2, 0.25) is 0 Å². The predicted octanol–water partition coefficient (Wildman–Crippen LogP) is 3.98. The number of aryl methyl sites for hydroxylation is 1. The van der Waals surface area contributed by atoms with Gasteiger partial charge in [0.1, 0.15) is 12.2 Å². The van der Waals surface area contributed by atoms with E-state index in [1.54, 1.807) is 13.0 Å². The average molecular weight is 375 g/mol. The van der Waals surface area contributed by atoms with E-state index < -0.39 is 40.5 Å². The molecule has 2 rings (SSSR count). The van der Waals surface area contributed by atoms with Crippen LogP contribution < -0.4 is 0 Å². The third-order valence-corrected chi connectivity index (χ3v) is 3.59. The largest absolute Gasteiger partial charge is 0.458 e. The number of nitro groups is 1. The highest BCUT2D eigenvalue weighted by molar-refractivity contribution is 5.96. The van der Waals surface area contributed by atoms with E-state index in [0.717, 1.165) is 18.2 Å². The second kappa shape index (κ2) is 8.31. The van der Waals surface area contributed by atoms with Gasteiger partial charge in [0.25, 0.3) is 5.69 Å². The normalized spacial score (nSPS) is 11.4. The van der Waals surface area contributed by atoms with Gasteiger partial charge in [0.2, 0.25) is 5.78 Å². The van der Waals surface area contributed by atoms with E-state index in [1.807, 2.05) is 0 Å². The first kappa shape index (κ1) is 19.9. The standard InChI is InChI=1S/C19H15F2NO5/c1-13-9-10-16(22(25)26)15(12-13)18(24)27-11-5-8-17(23)19(20,21)14-6-3-2-4-7-14/h2-10,12H,11H2,1H3/b8-5+. The van der Waals surface area contributed by atoms with E-state index in [9.17, 15) is 28.5 Å². The molecule has 0 amide bonds. The highest BCUT2D eigenvalue weighted by Crippen LogP contribution is 2.29. The summed E-state index contributed by atoms with van der Waals surface area (Å²) < 4.78 is 32.8. The lowest BCUT2D eigenvalue weighted by Crippen LogP contribution is -2.24. The fourth-order valence-electron chi connectivity index (χ4n) is 2.22. The highest BCUT2D eigenvalue weighted by atomic mass is 19.3. The van der Waals surface area contributed by atoms with E-state index in [1.165, 1.54) is 30.3 Å². The number of nitro benzene ring substituents is 1. The number of ether oxygens (including phenoxy) is 1. The molecule has 0 bridgehead atoms. The Kier molecular flexibility index (Phi) is 6.12. The van der Waals surface area contributed by atoms with Crippen molar-refractivity contribution >= 4 is 17.4 Å². The Morgan fingerprint density at radius 2 is 1.85 bits per heavy atom. The fourth-order valence-corrected chi connectivity index (χ4v) is 2.22. The van der Waals surface area contributed by atoms with Crippen molar-refractivity contribution in [3.63, 3.8) is 0 Å². The van der Waals surface area contributed by atoms with Crippen molar-refractivity contribution in [3.05, 3.63) is 87.5 Å². The number of carbonyl (C=O) groups excluding carboxylic acids is 2. The summed E-state index contributed by atoms with van der Waals surface area (Å²) in [5.74, 6) is -6.17. The molecule has 0 atom stereocenters. The summed E-state index contributed by atoms with van der Waals surface area (Å²) >= 11 is 0. The summed E-state index contributed by atoms with van der Waals surface area (Å²) in [6.45, 7) is 1.16. The van der Waals surface area contributed by atoms with E-state index in [-0.39, 0.29) is 5.56 Å². The second-order valence-corrected chi connectivity index (χ2v) is 5.58. The smallest absolute Gasteiger partial charge is 0.345 e. The molecule has 0 saturated heterocycles. The monoisotopic (exact) mass is 375 g/mol. The van der Waals surface area contributed by atoms with Gasteiger partial charge < -0.3 is 4.74 Å². The Morgan fingerprint density at radius 3 is 2.48 bits per heavy atom. The quantitative estimate of drug-likeness (QED) is 0.316. The molecule has 0 saturated carbocycles. The highest BCUT2D eigenvalue weighted by Gasteiger charge is 2.38. The Labute approximate surface area is 153 Å². The van der Waals surface area contributed by atoms with Crippen molar-refractivity contribution < 1.29 is 28.0 Å². The zero-order chi connectivity index (χ0) is 20.0. The maximum atomic E-state index is 14.0. The van der Waals surface area contributed by atoms with Crippen LogP contribution in [0.25, 0.3) is 0 Å². The molecule has 0 spiro atoms. The minimum Gasteiger partial charge on any atom is -0.458 e. The molecular formula is C19H15F2NO5. The lowest BCUT2D eigenvalue weighted by Gasteiger charge is -2.12. The summed E-state index contributed by atoms with van der Waals surface area (Å²) in [4.78, 5) is 33.9. The molecule has 2 aromatic carbocycles. The molecule has 0 heterocycles. The molecular weight excluding hydrogens is 360 g/mol. The van der Waals surface area contributed by atoms with Crippen LogP contribution in [0.15, 0.2) is 60.7 Å². The number of hydrogen-bond donors (Lipinski definition) is 0. The van der Waals surface area contributed by atoms with Gasteiger partial charge in [0, 0.05) is 11.6 Å². The fraction of sp³-hybridized carbons (Fsp3) is 0.158. The molecule has 0 fully saturated rings. The Balaban J connectivity index is 2.02. The van der Waals surface area contributed by atoms with Gasteiger partial charge in [-0.15, -0.1) is 0 Å². The van der Waals surface area contributed by atoms with Crippen LogP contribution in [0.4, 0.5) is 14.5 Å². The van der Waals surface area contributed by atoms with Crippen molar-refractivity contribution in [2.75, 3.05) is 6.61 Å². The van der Waals surface area contributed by atoms with E-state index in [0.29, 0.717) is 11.6 Å². The second-order valence-electron chi connectivity index (χ2n) is 5.58. The number of esters is 1. The third-order valence-electron chi connectivity index (χ3n) is 3.59. The van der Waals surface area contributed by atoms with Gasteiger partial charge in [-0.25, -0.2) is 4.79 Å². The maximum Gasteiger partial charge on any atom is 0.345 e. The first-order chi connectivity index (χ1) is 12.7. The Bertz CT molecular complexity index is 894. The van der Waals surface area contributed by atoms with Gasteiger partial charge in [-0.05, 0) is 30.7 Å². The van der Waals surface area contributed by atoms with Crippen LogP contribution in [-0.4, -0.2) is 23.3 Å². The zero-order valence-corrected chi connectivity index (χ0v) is 14.2. The molecule has 6 nitrogen and oxygen atoms in total. The number of alkyl halides is 2. The molecule has 0 N–H and O–H groups in total. The number of nitrogens with zero attached hydrogens (tertiary/aromatic N) is 1. The van der Waals surface area contributed by atoms with Crippen LogP contribution in [0.1, 0.15) is 21.5 Å². The molecule has 0 aliphatic rings. The third kappa shape index (κ3) is 4.81. The number of carbonyl (C=O) groups is 2. The molecule has 0 radical (unpaired) electrons. The molecule has 0 aliphatic carbocycles. The molecule has 2 aromatic rings. The molecule has 0 aliphatic heterocycles. The van der Waals surface area contributed by atoms with Crippen molar-refractivity contribution in [1.29, 1.82) is 0 Å². The lowest BCUT2D eigenvalue weighted by atomic mass is 10.0. The number of benzene rings is 2. The number of rotatable bonds is 7. The predicted molar refractivity (Wildman–Crippen MR) is 92.6 cm³/mol. The zero-order valence-electron chi connectivity index (χ0n) is 14.2. The van der Waals surface area contributed by atoms with Gasteiger partial charge in [0.05, 0.1) is 4.92 Å². The minimum absolute atomic E-state index is 0.255. The van der Waals surface area contributed by atoms with Crippen LogP contribution >= 0.6 is 0 Å². The minimum atomic E-state index is -3.71. The molecule has 0 aromatic heterocycles. The number of hydrogen-bond acceptors (Lipinski definition) is 5. The summed E-state index contributed by atoms with van der Waals surface area (Å²) in [6.07, 6.45) is 1.57. The van der Waals surface area contributed by atoms with Crippen molar-refractivity contribution in [2.24, 2.45) is 0 Å². The van der Waals surface area contributed by atoms with Crippen molar-refractivity contribution in [1.82, 2.24) is 0 Å². The van der Waals surface area contributed by atoms with E-state index >= 15 is 0 Å². The first-order valence-corrected chi connectivity index (χ1v) is 7.80. The summed E-state index contributed by atoms with van der Waals surface area (Å²) in [7, 11) is 0. The lowest BCUT2D eigenvalue weighted by molar-refractivity contribution is -0.385. The van der Waals surface area contributed by atoms with Crippen LogP contribution in [0.5, 0.6) is 0 Å². The summed E-state index contributed by atoms with van der Waals surface area (Å²) in [5, 5.41) is 11.0. The maximum absolute atomic E-state index is 14.0. The number of ketones is 1. The molecule has 27 heavy (non-hydrogen) atoms. The van der Waals surface area contributed by atoms with Gasteiger partial charge in [-0.1, -0.05) is 36.4 Å². The average Bonchev–Trinajstić information content (AvgIpc) is 2.65. The Morgan fingerprint density at radius 1 is 1.19 bits per heavy atom. The van der Waals surface area contributed by atoms with Gasteiger partial charge in [0.15, 0.2) is 0 Å². The van der Waals surface area contributed by atoms with Crippen LogP contribution in [-0.2, 0) is 15.5 Å². The summed E-state index contributed by atoms with van der Waals surface area (Å²) in [6, 6.07) is 10.5. The van der Waals surface area contributed by atoms with E-state index in [4.69, 9.17) is 4.74 Å². The molecule has 0 unspecified atom stereocenters. The van der Waals surface area contributed by atoms with Crippen LogP contribution in [0, 0.1) is 17.0 Å². The van der Waals surface area contributed by atoms with E-state index in [2.05, 4.69) is 0 Å². The van der Waals surface area contributed by atoms with Gasteiger partial charge in [-0.3, -0.25) is 14.9 Å².